The largest absolute Gasteiger partial charge is 0.384 e. The molecule has 1 aliphatic heterocycles. The van der Waals surface area contributed by atoms with Gasteiger partial charge in [0.2, 0.25) is 0 Å². The highest BCUT2D eigenvalue weighted by molar-refractivity contribution is 5.79. The Morgan fingerprint density at radius 1 is 1.60 bits per heavy atom. The van der Waals surface area contributed by atoms with Crippen molar-refractivity contribution in [2.75, 3.05) is 13.6 Å². The van der Waals surface area contributed by atoms with E-state index in [-0.39, 0.29) is 0 Å². The van der Waals surface area contributed by atoms with Gasteiger partial charge in [-0.3, -0.25) is 10.0 Å². The van der Waals surface area contributed by atoms with Crippen molar-refractivity contribution in [1.82, 2.24) is 10.4 Å². The lowest BCUT2D eigenvalue weighted by Crippen LogP contribution is -2.30. The number of nitrogens with two attached hydrogens (primary N) is 1. The molecule has 0 aromatic heterocycles. The molecule has 82 valence electrons. The Morgan fingerprint density at radius 3 is 2.73 bits per heavy atom. The zero-order valence-corrected chi connectivity index (χ0v) is 9.54. The van der Waals surface area contributed by atoms with Crippen molar-refractivity contribution in [3.63, 3.8) is 0 Å². The zero-order chi connectivity index (χ0) is 11.4. The van der Waals surface area contributed by atoms with Crippen molar-refractivity contribution in [1.29, 1.82) is 0 Å². The second-order valence-corrected chi connectivity index (χ2v) is 3.67. The molecular weight excluding hydrogens is 188 g/mol. The van der Waals surface area contributed by atoms with Gasteiger partial charge >= 0.3 is 0 Å². The van der Waals surface area contributed by atoms with Crippen molar-refractivity contribution in [2.24, 2.45) is 10.7 Å². The minimum absolute atomic E-state index is 0.723. The minimum Gasteiger partial charge on any atom is -0.384 e. The second kappa shape index (κ2) is 4.79. The first kappa shape index (κ1) is 11.5. The lowest BCUT2D eigenvalue weighted by molar-refractivity contribution is 0.342. The van der Waals surface area contributed by atoms with Crippen LogP contribution < -0.4 is 11.2 Å². The standard InChI is InChI=1S/C11H18N4/c1-8(2)13-6-5-9(3)10-7-14-15(4)11(10)12/h5-6,14H,3,7,12H2,1-2,4H3/b6-5-. The first-order valence-electron chi connectivity index (χ1n) is 4.85. The van der Waals surface area contributed by atoms with Crippen LogP contribution in [0.4, 0.5) is 0 Å². The Kier molecular flexibility index (Phi) is 3.68. The highest BCUT2D eigenvalue weighted by atomic mass is 15.5. The van der Waals surface area contributed by atoms with Crippen LogP contribution in [0.1, 0.15) is 13.8 Å². The predicted molar refractivity (Wildman–Crippen MR) is 64.0 cm³/mol. The van der Waals surface area contributed by atoms with Gasteiger partial charge in [0.05, 0.1) is 0 Å². The van der Waals surface area contributed by atoms with Crippen molar-refractivity contribution < 1.29 is 0 Å². The molecule has 1 rings (SSSR count). The summed E-state index contributed by atoms with van der Waals surface area (Å²) in [6.07, 6.45) is 3.62. The van der Waals surface area contributed by atoms with Crippen LogP contribution in [-0.2, 0) is 0 Å². The normalized spacial score (nSPS) is 16.3. The number of hydrogen-bond donors (Lipinski definition) is 2. The molecule has 0 aliphatic carbocycles. The lowest BCUT2D eigenvalue weighted by atomic mass is 10.1. The van der Waals surface area contributed by atoms with Crippen LogP contribution in [0.3, 0.4) is 0 Å². The molecule has 0 radical (unpaired) electrons. The van der Waals surface area contributed by atoms with E-state index in [1.165, 1.54) is 0 Å². The summed E-state index contributed by atoms with van der Waals surface area (Å²) in [5.41, 5.74) is 11.9. The fourth-order valence-electron chi connectivity index (χ4n) is 1.23. The summed E-state index contributed by atoms with van der Waals surface area (Å²) in [5.74, 6) is 0.724. The Morgan fingerprint density at radius 2 is 2.27 bits per heavy atom. The number of hydrazine groups is 1. The van der Waals surface area contributed by atoms with Crippen molar-refractivity contribution in [2.45, 2.75) is 13.8 Å². The Bertz CT molecular complexity index is 346. The maximum atomic E-state index is 5.87. The number of hydrogen-bond acceptors (Lipinski definition) is 4. The Hall–Kier alpha value is -1.55. The Labute approximate surface area is 90.8 Å². The number of allylic oxidation sites excluding steroid dienone is 1. The number of nitrogens with zero attached hydrogens (tertiary/aromatic N) is 2. The molecule has 0 spiro atoms. The summed E-state index contributed by atoms with van der Waals surface area (Å²) in [7, 11) is 1.88. The van der Waals surface area contributed by atoms with Crippen LogP contribution in [0.25, 0.3) is 0 Å². The molecule has 1 aliphatic rings. The van der Waals surface area contributed by atoms with E-state index >= 15 is 0 Å². The molecule has 0 aromatic rings. The van der Waals surface area contributed by atoms with Gasteiger partial charge in [0.25, 0.3) is 0 Å². The molecule has 15 heavy (non-hydrogen) atoms. The molecule has 0 fully saturated rings. The molecule has 0 saturated carbocycles. The topological polar surface area (TPSA) is 53.6 Å². The van der Waals surface area contributed by atoms with Gasteiger partial charge in [-0.25, -0.2) is 5.43 Å². The molecule has 0 unspecified atom stereocenters. The van der Waals surface area contributed by atoms with Gasteiger partial charge in [-0.05, 0) is 25.5 Å². The molecule has 0 aromatic carbocycles. The molecule has 0 bridgehead atoms. The molecular formula is C11H18N4. The first-order chi connectivity index (χ1) is 7.02. The van der Waals surface area contributed by atoms with Gasteiger partial charge in [0, 0.05) is 31.1 Å². The van der Waals surface area contributed by atoms with Gasteiger partial charge in [-0.1, -0.05) is 6.58 Å². The lowest BCUT2D eigenvalue weighted by Gasteiger charge is -2.11. The monoisotopic (exact) mass is 206 g/mol. The van der Waals surface area contributed by atoms with Crippen LogP contribution in [0.15, 0.2) is 40.8 Å². The second-order valence-electron chi connectivity index (χ2n) is 3.67. The Balaban J connectivity index is 2.71. The molecule has 3 N–H and O–H groups in total. The molecule has 0 atom stereocenters. The van der Waals surface area contributed by atoms with Gasteiger partial charge in [0.1, 0.15) is 5.82 Å². The molecule has 4 heteroatoms. The van der Waals surface area contributed by atoms with Gasteiger partial charge in [-0.15, -0.1) is 0 Å². The van der Waals surface area contributed by atoms with Gasteiger partial charge < -0.3 is 5.73 Å². The summed E-state index contributed by atoms with van der Waals surface area (Å²) in [6, 6.07) is 0. The average Bonchev–Trinajstić information content (AvgIpc) is 2.47. The van der Waals surface area contributed by atoms with Crippen LogP contribution >= 0.6 is 0 Å². The van der Waals surface area contributed by atoms with Crippen LogP contribution in [0.5, 0.6) is 0 Å². The van der Waals surface area contributed by atoms with E-state index in [1.807, 2.05) is 27.0 Å². The summed E-state index contributed by atoms with van der Waals surface area (Å²) >= 11 is 0. The van der Waals surface area contributed by atoms with Crippen molar-refractivity contribution in [3.05, 3.63) is 35.8 Å². The fraction of sp³-hybridized carbons (Fsp3) is 0.364. The molecule has 0 amide bonds. The third-order valence-electron chi connectivity index (χ3n) is 2.16. The maximum Gasteiger partial charge on any atom is 0.118 e. The highest BCUT2D eigenvalue weighted by Gasteiger charge is 2.16. The van der Waals surface area contributed by atoms with Crippen molar-refractivity contribution >= 4 is 5.71 Å². The SMILES string of the molecule is C=C(/C=C\N=C(C)C)C1=C(N)N(C)NC1. The predicted octanol–water partition coefficient (Wildman–Crippen LogP) is 1.16. The van der Waals surface area contributed by atoms with E-state index in [0.29, 0.717) is 0 Å². The summed E-state index contributed by atoms with van der Waals surface area (Å²) in [5, 5.41) is 1.79. The van der Waals surface area contributed by atoms with Gasteiger partial charge in [-0.2, -0.15) is 0 Å². The zero-order valence-electron chi connectivity index (χ0n) is 9.54. The third kappa shape index (κ3) is 2.95. The third-order valence-corrected chi connectivity index (χ3v) is 2.16. The van der Waals surface area contributed by atoms with Gasteiger partial charge in [0.15, 0.2) is 0 Å². The fourth-order valence-corrected chi connectivity index (χ4v) is 1.23. The van der Waals surface area contributed by atoms with E-state index in [4.69, 9.17) is 5.73 Å². The quantitative estimate of drug-likeness (QED) is 0.538. The van der Waals surface area contributed by atoms with Crippen molar-refractivity contribution in [3.8, 4) is 0 Å². The van der Waals surface area contributed by atoms with E-state index < -0.39 is 0 Å². The summed E-state index contributed by atoms with van der Waals surface area (Å²) in [4.78, 5) is 4.16. The first-order valence-corrected chi connectivity index (χ1v) is 4.85. The maximum absolute atomic E-state index is 5.87. The number of aliphatic imine (C=N–C) groups is 1. The average molecular weight is 206 g/mol. The molecule has 0 saturated heterocycles. The van der Waals surface area contributed by atoms with Crippen LogP contribution in [-0.4, -0.2) is 24.3 Å². The molecule has 4 nitrogen and oxygen atoms in total. The minimum atomic E-state index is 0.723. The van der Waals surface area contributed by atoms with E-state index in [2.05, 4.69) is 17.0 Å². The van der Waals surface area contributed by atoms with Crippen LogP contribution in [0.2, 0.25) is 0 Å². The molecule has 1 heterocycles. The van der Waals surface area contributed by atoms with E-state index in [0.717, 1.165) is 29.2 Å². The summed E-state index contributed by atoms with van der Waals surface area (Å²) < 4.78 is 0. The van der Waals surface area contributed by atoms with E-state index in [9.17, 15) is 0 Å². The summed E-state index contributed by atoms with van der Waals surface area (Å²) in [6.45, 7) is 8.58. The van der Waals surface area contributed by atoms with E-state index in [1.54, 1.807) is 11.2 Å². The number of rotatable bonds is 3. The smallest absolute Gasteiger partial charge is 0.118 e. The highest BCUT2D eigenvalue weighted by Crippen LogP contribution is 2.16. The number of nitrogens with one attached hydrogen (secondary N) is 1. The van der Waals surface area contributed by atoms with Crippen LogP contribution in [0, 0.1) is 0 Å².